The summed E-state index contributed by atoms with van der Waals surface area (Å²) in [6.45, 7) is 0.215. The molecule has 0 aliphatic heterocycles. The number of alkyl halides is 2. The normalized spacial score (nSPS) is 10.2. The van der Waals surface area contributed by atoms with Crippen LogP contribution in [0.25, 0.3) is 0 Å². The summed E-state index contributed by atoms with van der Waals surface area (Å²) in [7, 11) is 0. The first-order valence-corrected chi connectivity index (χ1v) is 4.68. The van der Waals surface area contributed by atoms with Gasteiger partial charge in [0.1, 0.15) is 0 Å². The number of amides is 2. The van der Waals surface area contributed by atoms with Crippen LogP contribution in [0.1, 0.15) is 17.3 Å². The number of halogens is 2. The minimum atomic E-state index is -2.73. The van der Waals surface area contributed by atoms with Crippen LogP contribution in [0.4, 0.5) is 8.78 Å². The number of rotatable bonds is 3. The van der Waals surface area contributed by atoms with Crippen molar-refractivity contribution in [2.75, 3.05) is 6.54 Å². The highest BCUT2D eigenvalue weighted by Crippen LogP contribution is 2.07. The molecule has 0 heterocycles. The van der Waals surface area contributed by atoms with Gasteiger partial charge in [0, 0.05) is 12.5 Å². The van der Waals surface area contributed by atoms with Gasteiger partial charge in [0.05, 0.1) is 6.54 Å². The van der Waals surface area contributed by atoms with Crippen LogP contribution in [0.2, 0.25) is 0 Å². The summed E-state index contributed by atoms with van der Waals surface area (Å²) in [5.41, 5.74) is 0.221. The molecule has 0 saturated carbocycles. The van der Waals surface area contributed by atoms with Gasteiger partial charge in [-0.2, -0.15) is 0 Å². The van der Waals surface area contributed by atoms with Crippen LogP contribution in [-0.2, 0) is 4.79 Å². The van der Waals surface area contributed by atoms with Crippen LogP contribution >= 0.6 is 0 Å². The molecule has 16 heavy (non-hydrogen) atoms. The fraction of sp³-hybridized carbons (Fsp3) is 0.273. The molecule has 1 aromatic carbocycles. The van der Waals surface area contributed by atoms with Gasteiger partial charge in [-0.15, -0.1) is 0 Å². The lowest BCUT2D eigenvalue weighted by Crippen LogP contribution is -2.38. The van der Waals surface area contributed by atoms with E-state index >= 15 is 0 Å². The number of hydrogen-bond donors (Lipinski definition) is 0. The van der Waals surface area contributed by atoms with Crippen molar-refractivity contribution < 1.29 is 18.4 Å². The van der Waals surface area contributed by atoms with E-state index in [0.29, 0.717) is 4.90 Å². The molecule has 0 aliphatic rings. The maximum atomic E-state index is 12.2. The second-order valence-corrected chi connectivity index (χ2v) is 3.19. The molecular weight excluding hydrogens is 216 g/mol. The highest BCUT2D eigenvalue weighted by molar-refractivity contribution is 6.04. The van der Waals surface area contributed by atoms with E-state index in [-0.39, 0.29) is 5.56 Å². The lowest BCUT2D eigenvalue weighted by molar-refractivity contribution is -0.127. The quantitative estimate of drug-likeness (QED) is 0.791. The van der Waals surface area contributed by atoms with Crippen LogP contribution in [-0.4, -0.2) is 29.7 Å². The molecule has 0 aromatic heterocycles. The molecule has 0 radical (unpaired) electrons. The van der Waals surface area contributed by atoms with Crippen LogP contribution < -0.4 is 0 Å². The van der Waals surface area contributed by atoms with Gasteiger partial charge in [-0.05, 0) is 12.1 Å². The molecule has 2 amide bonds. The summed E-state index contributed by atoms with van der Waals surface area (Å²) in [4.78, 5) is 23.3. The summed E-state index contributed by atoms with van der Waals surface area (Å²) in [5, 5.41) is 0. The number of hydrogen-bond acceptors (Lipinski definition) is 2. The molecule has 0 bridgehead atoms. The molecule has 0 N–H and O–H groups in total. The molecule has 0 saturated heterocycles. The first-order valence-electron chi connectivity index (χ1n) is 4.68. The molecule has 5 heteroatoms. The topological polar surface area (TPSA) is 37.4 Å². The third-order valence-corrected chi connectivity index (χ3v) is 1.97. The monoisotopic (exact) mass is 227 g/mol. The van der Waals surface area contributed by atoms with E-state index < -0.39 is 24.8 Å². The number of nitrogens with zero attached hydrogens (tertiary/aromatic N) is 1. The minimum absolute atomic E-state index is 0.221. The zero-order valence-corrected chi connectivity index (χ0v) is 8.69. The van der Waals surface area contributed by atoms with Crippen molar-refractivity contribution in [3.05, 3.63) is 35.9 Å². The number of carbonyl (C=O) groups excluding carboxylic acids is 2. The fourth-order valence-electron chi connectivity index (χ4n) is 1.23. The Morgan fingerprint density at radius 1 is 1.25 bits per heavy atom. The van der Waals surface area contributed by atoms with E-state index in [2.05, 4.69) is 0 Å². The standard InChI is InChI=1S/C11H11F2NO2/c1-8(15)14(7-10(12)13)11(16)9-5-3-2-4-6-9/h2-6,10H,7H2,1H3. The average Bonchev–Trinajstić information content (AvgIpc) is 2.25. The zero-order chi connectivity index (χ0) is 12.1. The maximum Gasteiger partial charge on any atom is 0.260 e. The first-order chi connectivity index (χ1) is 7.52. The predicted molar refractivity (Wildman–Crippen MR) is 54.2 cm³/mol. The highest BCUT2D eigenvalue weighted by atomic mass is 19.3. The second kappa shape index (κ2) is 5.34. The zero-order valence-electron chi connectivity index (χ0n) is 8.69. The average molecular weight is 227 g/mol. The second-order valence-electron chi connectivity index (χ2n) is 3.19. The van der Waals surface area contributed by atoms with E-state index in [4.69, 9.17) is 0 Å². The molecule has 0 unspecified atom stereocenters. The Labute approximate surface area is 91.7 Å². The van der Waals surface area contributed by atoms with Gasteiger partial charge >= 0.3 is 0 Å². The molecule has 3 nitrogen and oxygen atoms in total. The summed E-state index contributed by atoms with van der Waals surface area (Å²) >= 11 is 0. The van der Waals surface area contributed by atoms with Gasteiger partial charge < -0.3 is 0 Å². The lowest BCUT2D eigenvalue weighted by atomic mass is 10.2. The van der Waals surface area contributed by atoms with Crippen molar-refractivity contribution in [2.24, 2.45) is 0 Å². The van der Waals surface area contributed by atoms with E-state index in [9.17, 15) is 18.4 Å². The smallest absolute Gasteiger partial charge is 0.260 e. The molecule has 0 spiro atoms. The molecule has 0 atom stereocenters. The van der Waals surface area contributed by atoms with Crippen molar-refractivity contribution in [2.45, 2.75) is 13.3 Å². The predicted octanol–water partition coefficient (Wildman–Crippen LogP) is 1.94. The molecule has 0 fully saturated rings. The van der Waals surface area contributed by atoms with E-state index in [1.807, 2.05) is 0 Å². The summed E-state index contributed by atoms with van der Waals surface area (Å²) in [6, 6.07) is 7.86. The Kier molecular flexibility index (Phi) is 4.10. The maximum absolute atomic E-state index is 12.2. The number of carbonyl (C=O) groups is 2. The Balaban J connectivity index is 2.88. The Morgan fingerprint density at radius 2 is 1.81 bits per heavy atom. The molecule has 1 rings (SSSR count). The minimum Gasteiger partial charge on any atom is -0.275 e. The molecular formula is C11H11F2NO2. The van der Waals surface area contributed by atoms with Gasteiger partial charge in [-0.1, -0.05) is 18.2 Å². The largest absolute Gasteiger partial charge is 0.275 e. The fourth-order valence-corrected chi connectivity index (χ4v) is 1.23. The van der Waals surface area contributed by atoms with Gasteiger partial charge in [0.15, 0.2) is 0 Å². The van der Waals surface area contributed by atoms with Crippen molar-refractivity contribution >= 4 is 11.8 Å². The lowest BCUT2D eigenvalue weighted by Gasteiger charge is -2.18. The summed E-state index contributed by atoms with van der Waals surface area (Å²) < 4.78 is 24.4. The Bertz CT molecular complexity index is 379. The SMILES string of the molecule is CC(=O)N(CC(F)F)C(=O)c1ccccc1. The summed E-state index contributed by atoms with van der Waals surface area (Å²) in [5.74, 6) is -1.39. The molecule has 1 aromatic rings. The van der Waals surface area contributed by atoms with Crippen molar-refractivity contribution in [3.63, 3.8) is 0 Å². The molecule has 86 valence electrons. The van der Waals surface area contributed by atoms with Crippen LogP contribution in [0.15, 0.2) is 30.3 Å². The van der Waals surface area contributed by atoms with Gasteiger partial charge in [0.2, 0.25) is 5.91 Å². The Morgan fingerprint density at radius 3 is 2.25 bits per heavy atom. The van der Waals surface area contributed by atoms with E-state index in [1.54, 1.807) is 18.2 Å². The van der Waals surface area contributed by atoms with Crippen LogP contribution in [0.5, 0.6) is 0 Å². The third kappa shape index (κ3) is 3.12. The van der Waals surface area contributed by atoms with Crippen LogP contribution in [0.3, 0.4) is 0 Å². The van der Waals surface area contributed by atoms with E-state index in [0.717, 1.165) is 6.92 Å². The van der Waals surface area contributed by atoms with Gasteiger partial charge in [-0.3, -0.25) is 14.5 Å². The third-order valence-electron chi connectivity index (χ3n) is 1.97. The van der Waals surface area contributed by atoms with Crippen molar-refractivity contribution in [1.82, 2.24) is 4.90 Å². The molecule has 0 aliphatic carbocycles. The van der Waals surface area contributed by atoms with Gasteiger partial charge in [0.25, 0.3) is 12.3 Å². The van der Waals surface area contributed by atoms with E-state index in [1.165, 1.54) is 12.1 Å². The van der Waals surface area contributed by atoms with Crippen LogP contribution in [0, 0.1) is 0 Å². The highest BCUT2D eigenvalue weighted by Gasteiger charge is 2.22. The van der Waals surface area contributed by atoms with Gasteiger partial charge in [-0.25, -0.2) is 8.78 Å². The first kappa shape index (κ1) is 12.3. The number of imide groups is 1. The van der Waals surface area contributed by atoms with Crippen molar-refractivity contribution in [3.8, 4) is 0 Å². The Hall–Kier alpha value is -1.78. The van der Waals surface area contributed by atoms with Crippen molar-refractivity contribution in [1.29, 1.82) is 0 Å². The number of benzene rings is 1. The summed E-state index contributed by atoms with van der Waals surface area (Å²) in [6.07, 6.45) is -2.73.